The number of anilines is 2. The van der Waals surface area contributed by atoms with Crippen LogP contribution < -0.4 is 15.8 Å². The van der Waals surface area contributed by atoms with Gasteiger partial charge in [-0.1, -0.05) is 0 Å². The fourth-order valence-electron chi connectivity index (χ4n) is 2.75. The number of hydrogen-bond donors (Lipinski definition) is 2. The normalized spacial score (nSPS) is 18.2. The summed E-state index contributed by atoms with van der Waals surface area (Å²) in [6, 6.07) is 5.49. The molecular weight excluding hydrogens is 280 g/mol. The van der Waals surface area contributed by atoms with Gasteiger partial charge in [0.1, 0.15) is 5.82 Å². The van der Waals surface area contributed by atoms with Crippen LogP contribution in [0.5, 0.6) is 0 Å². The number of nitrogens with one attached hydrogen (secondary N) is 2. The second kappa shape index (κ2) is 6.55. The summed E-state index contributed by atoms with van der Waals surface area (Å²) in [4.78, 5) is 22.0. The Morgan fingerprint density at radius 2 is 2.27 bits per heavy atom. The molecule has 0 aromatic carbocycles. The van der Waals surface area contributed by atoms with E-state index in [2.05, 4.69) is 30.4 Å². The number of piperidine rings is 1. The van der Waals surface area contributed by atoms with Gasteiger partial charge in [-0.15, -0.1) is 0 Å². The molecule has 0 spiro atoms. The predicted molar refractivity (Wildman–Crippen MR) is 85.1 cm³/mol. The molecule has 1 atom stereocenters. The summed E-state index contributed by atoms with van der Waals surface area (Å²) in [6.45, 7) is 3.65. The van der Waals surface area contributed by atoms with Gasteiger partial charge in [0.05, 0.1) is 0 Å². The molecule has 22 heavy (non-hydrogen) atoms. The van der Waals surface area contributed by atoms with Gasteiger partial charge < -0.3 is 10.2 Å². The van der Waals surface area contributed by atoms with Crippen molar-refractivity contribution in [1.29, 1.82) is 0 Å². The summed E-state index contributed by atoms with van der Waals surface area (Å²) in [5, 5.41) is 9.96. The van der Waals surface area contributed by atoms with Gasteiger partial charge in [0.2, 0.25) is 5.95 Å². The molecule has 0 aliphatic carbocycles. The topological polar surface area (TPSA) is 86.8 Å². The summed E-state index contributed by atoms with van der Waals surface area (Å²) < 4.78 is 0. The third-order valence-electron chi connectivity index (χ3n) is 3.88. The lowest BCUT2D eigenvalue weighted by atomic mass is 10.0. The second-order valence-electron chi connectivity index (χ2n) is 5.52. The molecule has 7 heteroatoms. The summed E-state index contributed by atoms with van der Waals surface area (Å²) in [6.07, 6.45) is 5.17. The van der Waals surface area contributed by atoms with Crippen molar-refractivity contribution >= 4 is 11.8 Å². The molecule has 0 saturated carbocycles. The van der Waals surface area contributed by atoms with Gasteiger partial charge in [-0.05, 0) is 38.3 Å². The lowest BCUT2D eigenvalue weighted by Gasteiger charge is -2.36. The van der Waals surface area contributed by atoms with E-state index in [1.54, 1.807) is 12.3 Å². The molecular formula is C15H20N6O. The fraction of sp³-hybridized carbons (Fsp3) is 0.467. The Morgan fingerprint density at radius 3 is 3.05 bits per heavy atom. The monoisotopic (exact) mass is 300 g/mol. The van der Waals surface area contributed by atoms with E-state index in [1.807, 2.05) is 13.0 Å². The minimum atomic E-state index is -0.177. The first-order valence-corrected chi connectivity index (χ1v) is 7.58. The van der Waals surface area contributed by atoms with Gasteiger partial charge in [-0.3, -0.25) is 4.79 Å². The van der Waals surface area contributed by atoms with Crippen molar-refractivity contribution in [2.24, 2.45) is 0 Å². The zero-order valence-electron chi connectivity index (χ0n) is 12.6. The Morgan fingerprint density at radius 1 is 1.36 bits per heavy atom. The number of aromatic nitrogens is 4. The molecule has 116 valence electrons. The number of rotatable bonds is 4. The summed E-state index contributed by atoms with van der Waals surface area (Å²) in [5.74, 6) is 1.47. The van der Waals surface area contributed by atoms with Crippen LogP contribution in [0.1, 0.15) is 25.0 Å². The third-order valence-corrected chi connectivity index (χ3v) is 3.88. The second-order valence-corrected chi connectivity index (χ2v) is 5.52. The number of aryl methyl sites for hydroxylation is 1. The summed E-state index contributed by atoms with van der Waals surface area (Å²) in [5.41, 5.74) is 0.767. The highest BCUT2D eigenvalue weighted by molar-refractivity contribution is 5.39. The smallest absolute Gasteiger partial charge is 0.264 e. The van der Waals surface area contributed by atoms with Gasteiger partial charge in [0.25, 0.3) is 5.56 Å². The largest absolute Gasteiger partial charge is 0.352 e. The minimum absolute atomic E-state index is 0.177. The molecule has 0 amide bonds. The maximum absolute atomic E-state index is 11.2. The first kappa shape index (κ1) is 14.5. The van der Waals surface area contributed by atoms with Crippen molar-refractivity contribution in [3.8, 4) is 0 Å². The third kappa shape index (κ3) is 3.41. The Bertz CT molecular complexity index is 665. The van der Waals surface area contributed by atoms with Crippen molar-refractivity contribution in [1.82, 2.24) is 20.2 Å². The van der Waals surface area contributed by atoms with E-state index in [9.17, 15) is 4.79 Å². The number of nitrogens with zero attached hydrogens (tertiary/aromatic N) is 4. The minimum Gasteiger partial charge on any atom is -0.352 e. The Hall–Kier alpha value is -2.44. The molecule has 1 unspecified atom stereocenters. The highest BCUT2D eigenvalue weighted by atomic mass is 16.1. The lowest BCUT2D eigenvalue weighted by Crippen LogP contribution is -2.44. The number of H-pyrrole nitrogens is 1. The molecule has 2 aromatic rings. The van der Waals surface area contributed by atoms with Crippen molar-refractivity contribution in [3.63, 3.8) is 0 Å². The van der Waals surface area contributed by atoms with Gasteiger partial charge in [-0.2, -0.15) is 5.10 Å². The number of aromatic amines is 1. The van der Waals surface area contributed by atoms with E-state index in [0.29, 0.717) is 12.0 Å². The van der Waals surface area contributed by atoms with Crippen LogP contribution in [0.25, 0.3) is 0 Å². The van der Waals surface area contributed by atoms with Crippen LogP contribution in [0.2, 0.25) is 0 Å². The Kier molecular flexibility index (Phi) is 4.32. The van der Waals surface area contributed by atoms with Crippen molar-refractivity contribution in [2.75, 3.05) is 23.3 Å². The lowest BCUT2D eigenvalue weighted by molar-refractivity contribution is 0.467. The van der Waals surface area contributed by atoms with Crippen LogP contribution in [0, 0.1) is 6.92 Å². The van der Waals surface area contributed by atoms with Crippen molar-refractivity contribution in [3.05, 3.63) is 40.4 Å². The molecule has 1 aliphatic rings. The molecule has 1 fully saturated rings. The molecule has 1 saturated heterocycles. The number of hydrogen-bond acceptors (Lipinski definition) is 6. The zero-order chi connectivity index (χ0) is 15.4. The first-order chi connectivity index (χ1) is 10.7. The van der Waals surface area contributed by atoms with Crippen LogP contribution in [-0.2, 0) is 0 Å². The van der Waals surface area contributed by atoms with Crippen LogP contribution in [0.15, 0.2) is 29.2 Å². The average molecular weight is 300 g/mol. The van der Waals surface area contributed by atoms with E-state index < -0.39 is 0 Å². The maximum atomic E-state index is 11.2. The maximum Gasteiger partial charge on any atom is 0.264 e. The van der Waals surface area contributed by atoms with Crippen molar-refractivity contribution < 1.29 is 0 Å². The van der Waals surface area contributed by atoms with Gasteiger partial charge in [0.15, 0.2) is 0 Å². The van der Waals surface area contributed by atoms with E-state index >= 15 is 0 Å². The molecule has 2 N–H and O–H groups in total. The van der Waals surface area contributed by atoms with Crippen LogP contribution in [-0.4, -0.2) is 39.3 Å². The highest BCUT2D eigenvalue weighted by Crippen LogP contribution is 2.22. The fourth-order valence-corrected chi connectivity index (χ4v) is 2.75. The molecule has 1 aliphatic heterocycles. The van der Waals surface area contributed by atoms with E-state index in [0.717, 1.165) is 37.4 Å². The zero-order valence-corrected chi connectivity index (χ0v) is 12.6. The average Bonchev–Trinajstić information content (AvgIpc) is 2.54. The van der Waals surface area contributed by atoms with Gasteiger partial charge in [0, 0.05) is 37.1 Å². The molecule has 3 heterocycles. The Balaban J connectivity index is 1.70. The van der Waals surface area contributed by atoms with E-state index in [-0.39, 0.29) is 5.56 Å². The summed E-state index contributed by atoms with van der Waals surface area (Å²) in [7, 11) is 0. The molecule has 2 aromatic heterocycles. The predicted octanol–water partition coefficient (Wildman–Crippen LogP) is 1.34. The highest BCUT2D eigenvalue weighted by Gasteiger charge is 2.23. The molecule has 0 bridgehead atoms. The van der Waals surface area contributed by atoms with Crippen LogP contribution in [0.3, 0.4) is 0 Å². The van der Waals surface area contributed by atoms with E-state index in [1.165, 1.54) is 12.5 Å². The SMILES string of the molecule is Cc1ccnc(NCC2CCCCN2c2ccc(=O)[nH]n2)n1. The summed E-state index contributed by atoms with van der Waals surface area (Å²) >= 11 is 0. The molecule has 0 radical (unpaired) electrons. The van der Waals surface area contributed by atoms with Crippen LogP contribution >= 0.6 is 0 Å². The quantitative estimate of drug-likeness (QED) is 0.886. The van der Waals surface area contributed by atoms with E-state index in [4.69, 9.17) is 0 Å². The van der Waals surface area contributed by atoms with Crippen molar-refractivity contribution in [2.45, 2.75) is 32.2 Å². The molecule has 7 nitrogen and oxygen atoms in total. The van der Waals surface area contributed by atoms with Gasteiger partial charge in [-0.25, -0.2) is 15.1 Å². The first-order valence-electron chi connectivity index (χ1n) is 7.58. The Labute approximate surface area is 128 Å². The van der Waals surface area contributed by atoms with Gasteiger partial charge >= 0.3 is 0 Å². The molecule has 3 rings (SSSR count). The standard InChI is InChI=1S/C15H20N6O/c1-11-7-8-16-15(18-11)17-10-12-4-2-3-9-21(12)13-5-6-14(22)20-19-13/h5-8,12H,2-4,9-10H2,1H3,(H,20,22)(H,16,17,18). The van der Waals surface area contributed by atoms with Crippen LogP contribution in [0.4, 0.5) is 11.8 Å².